The third-order valence-electron chi connectivity index (χ3n) is 4.73. The minimum absolute atomic E-state index is 1.17. The van der Waals surface area contributed by atoms with Crippen molar-refractivity contribution in [1.29, 1.82) is 0 Å². The highest BCUT2D eigenvalue weighted by atomic mass is 127. The molecule has 0 bridgehead atoms. The molecule has 2 aromatic carbocycles. The lowest BCUT2D eigenvalue weighted by atomic mass is 10.0. The second-order valence-electron chi connectivity index (χ2n) is 6.82. The fraction of sp³-hybridized carbons (Fsp3) is 0.478. The second-order valence-corrected chi connectivity index (χ2v) is 8.86. The zero-order chi connectivity index (χ0) is 17.7. The molecule has 0 heterocycles. The predicted molar refractivity (Wildman–Crippen MR) is 124 cm³/mol. The minimum atomic E-state index is 1.17. The Morgan fingerprint density at radius 2 is 1.00 bits per heavy atom. The summed E-state index contributed by atoms with van der Waals surface area (Å²) in [4.78, 5) is 0. The van der Waals surface area contributed by atoms with Gasteiger partial charge in [0, 0.05) is 8.90 Å². The van der Waals surface area contributed by atoms with Gasteiger partial charge in [-0.25, -0.2) is 0 Å². The maximum atomic E-state index is 3.50. The van der Waals surface area contributed by atoms with Crippen LogP contribution in [0.5, 0.6) is 0 Å². The Kier molecular flexibility index (Phi) is 10.8. The average Bonchev–Trinajstić information content (AvgIpc) is 2.64. The van der Waals surface area contributed by atoms with Crippen LogP contribution in [0, 0.1) is 3.57 Å². The molecule has 136 valence electrons. The molecule has 0 atom stereocenters. The van der Waals surface area contributed by atoms with Gasteiger partial charge in [-0.2, -0.15) is 0 Å². The molecule has 0 aliphatic carbocycles. The van der Waals surface area contributed by atoms with Crippen LogP contribution >= 0.6 is 38.5 Å². The van der Waals surface area contributed by atoms with Crippen LogP contribution in [0.15, 0.2) is 48.5 Å². The molecule has 0 N–H and O–H groups in total. The monoisotopic (exact) mass is 512 g/mol. The number of hydrogen-bond donors (Lipinski definition) is 0. The largest absolute Gasteiger partial charge is 0.0928 e. The highest BCUT2D eigenvalue weighted by Crippen LogP contribution is 2.21. The van der Waals surface area contributed by atoms with Gasteiger partial charge in [0.1, 0.15) is 0 Å². The van der Waals surface area contributed by atoms with Crippen molar-refractivity contribution in [3.63, 3.8) is 0 Å². The van der Waals surface area contributed by atoms with Gasteiger partial charge in [0.2, 0.25) is 0 Å². The van der Waals surface area contributed by atoms with Crippen LogP contribution in [-0.4, -0.2) is 5.33 Å². The van der Waals surface area contributed by atoms with Crippen molar-refractivity contribution < 1.29 is 0 Å². The lowest BCUT2D eigenvalue weighted by Crippen LogP contribution is -1.87. The van der Waals surface area contributed by atoms with Gasteiger partial charge in [0.05, 0.1) is 0 Å². The molecule has 25 heavy (non-hydrogen) atoms. The molecule has 0 aliphatic rings. The Labute approximate surface area is 176 Å². The molecule has 0 fully saturated rings. The van der Waals surface area contributed by atoms with Crippen molar-refractivity contribution in [2.75, 3.05) is 5.33 Å². The Morgan fingerprint density at radius 1 is 0.560 bits per heavy atom. The highest BCUT2D eigenvalue weighted by Gasteiger charge is 1.99. The van der Waals surface area contributed by atoms with Crippen LogP contribution in [0.4, 0.5) is 0 Å². The van der Waals surface area contributed by atoms with Gasteiger partial charge in [0.25, 0.3) is 0 Å². The molecular weight excluding hydrogens is 483 g/mol. The molecule has 0 radical (unpaired) electrons. The Morgan fingerprint density at radius 3 is 1.52 bits per heavy atom. The van der Waals surface area contributed by atoms with Gasteiger partial charge in [-0.05, 0) is 70.7 Å². The number of alkyl halides is 1. The summed E-state index contributed by atoms with van der Waals surface area (Å²) in [5, 5.41) is 1.17. The van der Waals surface area contributed by atoms with Gasteiger partial charge in [-0.1, -0.05) is 97.3 Å². The first-order chi connectivity index (χ1) is 12.3. The second kappa shape index (κ2) is 12.9. The van der Waals surface area contributed by atoms with Crippen LogP contribution in [0.3, 0.4) is 0 Å². The molecule has 0 unspecified atom stereocenters. The summed E-state index contributed by atoms with van der Waals surface area (Å²) in [5.41, 5.74) is 4.10. The summed E-state index contributed by atoms with van der Waals surface area (Å²) in [7, 11) is 0. The van der Waals surface area contributed by atoms with E-state index < -0.39 is 0 Å². The van der Waals surface area contributed by atoms with Crippen LogP contribution in [0.1, 0.15) is 63.4 Å². The molecular formula is C23H30BrI. The molecule has 0 aromatic heterocycles. The van der Waals surface area contributed by atoms with Gasteiger partial charge in [-0.3, -0.25) is 0 Å². The quantitative estimate of drug-likeness (QED) is 0.152. The lowest BCUT2D eigenvalue weighted by Gasteiger charge is -2.06. The van der Waals surface area contributed by atoms with Crippen LogP contribution in [-0.2, 0) is 6.42 Å². The van der Waals surface area contributed by atoms with Crippen molar-refractivity contribution in [1.82, 2.24) is 0 Å². The van der Waals surface area contributed by atoms with E-state index in [1.165, 1.54) is 89.8 Å². The number of benzene rings is 2. The Balaban J connectivity index is 1.58. The fourth-order valence-electron chi connectivity index (χ4n) is 3.17. The molecule has 2 heteroatoms. The first-order valence-electron chi connectivity index (χ1n) is 9.70. The number of aryl methyl sites for hydroxylation is 1. The van der Waals surface area contributed by atoms with E-state index in [9.17, 15) is 0 Å². The average molecular weight is 513 g/mol. The zero-order valence-electron chi connectivity index (χ0n) is 15.2. The van der Waals surface area contributed by atoms with Crippen molar-refractivity contribution in [2.24, 2.45) is 0 Å². The Bertz CT molecular complexity index is 574. The Hall–Kier alpha value is -0.350. The van der Waals surface area contributed by atoms with Gasteiger partial charge >= 0.3 is 0 Å². The molecule has 0 spiro atoms. The van der Waals surface area contributed by atoms with Crippen molar-refractivity contribution in [3.8, 4) is 11.1 Å². The summed E-state index contributed by atoms with van der Waals surface area (Å²) in [6, 6.07) is 17.9. The summed E-state index contributed by atoms with van der Waals surface area (Å²) in [5.74, 6) is 0. The van der Waals surface area contributed by atoms with Gasteiger partial charge in [-0.15, -0.1) is 0 Å². The van der Waals surface area contributed by atoms with Crippen molar-refractivity contribution in [2.45, 2.75) is 64.2 Å². The summed E-state index contributed by atoms with van der Waals surface area (Å²) in [6.07, 6.45) is 13.7. The van der Waals surface area contributed by atoms with E-state index in [2.05, 4.69) is 87.1 Å². The minimum Gasteiger partial charge on any atom is -0.0928 e. The standard InChI is InChI=1S/C23H30BrI/c24-19-9-7-5-3-1-2-4-6-8-10-20-11-13-21(14-12-20)22-15-17-23(25)18-16-22/h11-18H,1-10,19H2. The third kappa shape index (κ3) is 8.72. The summed E-state index contributed by atoms with van der Waals surface area (Å²) < 4.78 is 1.29. The van der Waals surface area contributed by atoms with Gasteiger partial charge in [0.15, 0.2) is 0 Å². The number of hydrogen-bond acceptors (Lipinski definition) is 0. The molecule has 0 saturated carbocycles. The maximum absolute atomic E-state index is 3.50. The molecule has 0 aliphatic heterocycles. The number of unbranched alkanes of at least 4 members (excludes halogenated alkanes) is 8. The predicted octanol–water partition coefficient (Wildman–Crippen LogP) is 8.41. The molecule has 0 saturated heterocycles. The van der Waals surface area contributed by atoms with E-state index in [1.807, 2.05) is 0 Å². The first-order valence-corrected chi connectivity index (χ1v) is 11.9. The van der Waals surface area contributed by atoms with Crippen LogP contribution < -0.4 is 0 Å². The highest BCUT2D eigenvalue weighted by molar-refractivity contribution is 14.1. The molecule has 0 amide bonds. The van der Waals surface area contributed by atoms with Crippen LogP contribution in [0.25, 0.3) is 11.1 Å². The number of rotatable bonds is 12. The van der Waals surface area contributed by atoms with E-state index in [1.54, 1.807) is 0 Å². The van der Waals surface area contributed by atoms with E-state index in [4.69, 9.17) is 0 Å². The van der Waals surface area contributed by atoms with Gasteiger partial charge < -0.3 is 0 Å². The normalized spacial score (nSPS) is 11.0. The topological polar surface area (TPSA) is 0 Å². The lowest BCUT2D eigenvalue weighted by molar-refractivity contribution is 0.566. The SMILES string of the molecule is BrCCCCCCCCCCCc1ccc(-c2ccc(I)cc2)cc1. The van der Waals surface area contributed by atoms with E-state index in [-0.39, 0.29) is 0 Å². The molecule has 2 aromatic rings. The summed E-state index contributed by atoms with van der Waals surface area (Å²) >= 11 is 5.85. The third-order valence-corrected chi connectivity index (χ3v) is 6.01. The van der Waals surface area contributed by atoms with E-state index in [0.29, 0.717) is 0 Å². The number of halogens is 2. The maximum Gasteiger partial charge on any atom is 0.0130 e. The van der Waals surface area contributed by atoms with Crippen LogP contribution in [0.2, 0.25) is 0 Å². The first kappa shape index (κ1) is 21.0. The smallest absolute Gasteiger partial charge is 0.0130 e. The summed E-state index contributed by atoms with van der Waals surface area (Å²) in [6.45, 7) is 0. The van der Waals surface area contributed by atoms with E-state index >= 15 is 0 Å². The zero-order valence-corrected chi connectivity index (χ0v) is 18.9. The van der Waals surface area contributed by atoms with Crippen molar-refractivity contribution in [3.05, 3.63) is 57.7 Å². The fourth-order valence-corrected chi connectivity index (χ4v) is 3.92. The van der Waals surface area contributed by atoms with Crippen molar-refractivity contribution >= 4 is 38.5 Å². The molecule has 0 nitrogen and oxygen atoms in total. The van der Waals surface area contributed by atoms with E-state index in [0.717, 1.165) is 0 Å². The molecule has 2 rings (SSSR count).